The molecule has 1 N–H and O–H groups in total. The van der Waals surface area contributed by atoms with Gasteiger partial charge in [0.1, 0.15) is 0 Å². The Kier molecular flexibility index (Phi) is 6.73. The predicted molar refractivity (Wildman–Crippen MR) is 106 cm³/mol. The maximum absolute atomic E-state index is 12.0. The van der Waals surface area contributed by atoms with Crippen LogP contribution in [0.3, 0.4) is 0 Å². The second-order valence-corrected chi connectivity index (χ2v) is 6.77. The maximum Gasteiger partial charge on any atom is 0.253 e. The third kappa shape index (κ3) is 5.59. The number of amides is 2. The molecule has 0 aliphatic heterocycles. The van der Waals surface area contributed by atoms with Crippen molar-refractivity contribution in [3.8, 4) is 0 Å². The molecule has 4 heteroatoms. The van der Waals surface area contributed by atoms with Crippen molar-refractivity contribution in [3.05, 3.63) is 76.9 Å². The Morgan fingerprint density at radius 1 is 1.00 bits per heavy atom. The standard InChI is InChI=1S/C22H26N2O2/c1-16(2)19-10-5-17(6-11-19)9-14-21(25)23-15-18-7-12-20(13-8-18)22(26)24(3)4/h5-14,16H,15H2,1-4H3,(H,23,25)/b14-9+. The second-order valence-electron chi connectivity index (χ2n) is 6.77. The number of nitrogens with zero attached hydrogens (tertiary/aromatic N) is 1. The highest BCUT2D eigenvalue weighted by Crippen LogP contribution is 2.15. The highest BCUT2D eigenvalue weighted by Gasteiger charge is 2.07. The molecule has 0 unspecified atom stereocenters. The SMILES string of the molecule is CC(C)c1ccc(/C=C/C(=O)NCc2ccc(C(=O)N(C)C)cc2)cc1. The molecule has 0 aromatic heterocycles. The number of hydrogen-bond donors (Lipinski definition) is 1. The zero-order chi connectivity index (χ0) is 19.1. The third-order valence-corrected chi connectivity index (χ3v) is 4.10. The van der Waals surface area contributed by atoms with Gasteiger partial charge in [0, 0.05) is 32.3 Å². The molecule has 0 aliphatic rings. The van der Waals surface area contributed by atoms with Gasteiger partial charge in [-0.3, -0.25) is 9.59 Å². The van der Waals surface area contributed by atoms with E-state index in [0.29, 0.717) is 18.0 Å². The van der Waals surface area contributed by atoms with Gasteiger partial charge in [0.2, 0.25) is 5.91 Å². The molecule has 0 spiro atoms. The van der Waals surface area contributed by atoms with Crippen molar-refractivity contribution >= 4 is 17.9 Å². The van der Waals surface area contributed by atoms with Crippen molar-refractivity contribution in [2.45, 2.75) is 26.3 Å². The van der Waals surface area contributed by atoms with Gasteiger partial charge < -0.3 is 10.2 Å². The summed E-state index contributed by atoms with van der Waals surface area (Å²) in [5, 5.41) is 2.85. The molecule has 0 saturated heterocycles. The van der Waals surface area contributed by atoms with Crippen molar-refractivity contribution in [3.63, 3.8) is 0 Å². The van der Waals surface area contributed by atoms with Gasteiger partial charge in [-0.15, -0.1) is 0 Å². The van der Waals surface area contributed by atoms with Crippen LogP contribution < -0.4 is 5.32 Å². The fourth-order valence-electron chi connectivity index (χ4n) is 2.44. The molecular formula is C22H26N2O2. The van der Waals surface area contributed by atoms with Crippen molar-refractivity contribution in [1.82, 2.24) is 10.2 Å². The van der Waals surface area contributed by atoms with Gasteiger partial charge in [0.25, 0.3) is 5.91 Å². The average molecular weight is 350 g/mol. The van der Waals surface area contributed by atoms with Gasteiger partial charge in [-0.1, -0.05) is 50.2 Å². The molecule has 2 aromatic rings. The van der Waals surface area contributed by atoms with E-state index < -0.39 is 0 Å². The fraction of sp³-hybridized carbons (Fsp3) is 0.273. The van der Waals surface area contributed by atoms with Gasteiger partial charge in [0.05, 0.1) is 0 Å². The summed E-state index contributed by atoms with van der Waals surface area (Å²) in [4.78, 5) is 25.4. The summed E-state index contributed by atoms with van der Waals surface area (Å²) in [5.41, 5.74) is 3.86. The molecule has 2 rings (SSSR count). The zero-order valence-corrected chi connectivity index (χ0v) is 15.8. The summed E-state index contributed by atoms with van der Waals surface area (Å²) in [6.07, 6.45) is 3.34. The van der Waals surface area contributed by atoms with Crippen LogP contribution in [0.5, 0.6) is 0 Å². The van der Waals surface area contributed by atoms with E-state index in [4.69, 9.17) is 0 Å². The van der Waals surface area contributed by atoms with E-state index in [1.54, 1.807) is 32.3 Å². The number of benzene rings is 2. The summed E-state index contributed by atoms with van der Waals surface area (Å²) >= 11 is 0. The van der Waals surface area contributed by atoms with E-state index in [1.807, 2.05) is 24.3 Å². The second kappa shape index (κ2) is 8.99. The Morgan fingerprint density at radius 3 is 2.15 bits per heavy atom. The zero-order valence-electron chi connectivity index (χ0n) is 15.8. The minimum atomic E-state index is -0.147. The first kappa shape index (κ1) is 19.4. The summed E-state index contributed by atoms with van der Waals surface area (Å²) in [6, 6.07) is 15.4. The molecule has 0 atom stereocenters. The summed E-state index contributed by atoms with van der Waals surface area (Å²) in [7, 11) is 3.44. The summed E-state index contributed by atoms with van der Waals surface area (Å²) in [5.74, 6) is 0.314. The number of hydrogen-bond acceptors (Lipinski definition) is 2. The first-order valence-corrected chi connectivity index (χ1v) is 8.73. The lowest BCUT2D eigenvalue weighted by Crippen LogP contribution is -2.22. The number of carbonyl (C=O) groups excluding carboxylic acids is 2. The van der Waals surface area contributed by atoms with Crippen LogP contribution >= 0.6 is 0 Å². The van der Waals surface area contributed by atoms with E-state index in [0.717, 1.165) is 11.1 Å². The van der Waals surface area contributed by atoms with E-state index in [1.165, 1.54) is 16.5 Å². The van der Waals surface area contributed by atoms with Gasteiger partial charge in [-0.25, -0.2) is 0 Å². The Morgan fingerprint density at radius 2 is 1.62 bits per heavy atom. The van der Waals surface area contributed by atoms with Crippen molar-refractivity contribution in [1.29, 1.82) is 0 Å². The Hall–Kier alpha value is -2.88. The Balaban J connectivity index is 1.87. The van der Waals surface area contributed by atoms with E-state index in [2.05, 4.69) is 31.3 Å². The van der Waals surface area contributed by atoms with Crippen molar-refractivity contribution < 1.29 is 9.59 Å². The van der Waals surface area contributed by atoms with E-state index >= 15 is 0 Å². The Labute approximate surface area is 155 Å². The van der Waals surface area contributed by atoms with Crippen LogP contribution in [0, 0.1) is 0 Å². The molecule has 0 fully saturated rings. The summed E-state index contributed by atoms with van der Waals surface area (Å²) in [6.45, 7) is 4.73. The molecule has 2 amide bonds. The third-order valence-electron chi connectivity index (χ3n) is 4.10. The maximum atomic E-state index is 12.0. The number of rotatable bonds is 6. The van der Waals surface area contributed by atoms with Crippen LogP contribution in [0.25, 0.3) is 6.08 Å². The molecule has 26 heavy (non-hydrogen) atoms. The van der Waals surface area contributed by atoms with Crippen molar-refractivity contribution in [2.24, 2.45) is 0 Å². The van der Waals surface area contributed by atoms with Crippen LogP contribution in [0.15, 0.2) is 54.6 Å². The average Bonchev–Trinajstić information content (AvgIpc) is 2.64. The fourth-order valence-corrected chi connectivity index (χ4v) is 2.44. The first-order valence-electron chi connectivity index (χ1n) is 8.73. The molecule has 0 bridgehead atoms. The molecule has 4 nitrogen and oxygen atoms in total. The van der Waals surface area contributed by atoms with Crippen LogP contribution in [0.4, 0.5) is 0 Å². The molecule has 0 aliphatic carbocycles. The first-order chi connectivity index (χ1) is 12.4. The van der Waals surface area contributed by atoms with Crippen LogP contribution in [0.1, 0.15) is 46.8 Å². The van der Waals surface area contributed by atoms with Gasteiger partial charge >= 0.3 is 0 Å². The highest BCUT2D eigenvalue weighted by molar-refractivity contribution is 5.94. The molecular weight excluding hydrogens is 324 g/mol. The summed E-state index contributed by atoms with van der Waals surface area (Å²) < 4.78 is 0. The quantitative estimate of drug-likeness (QED) is 0.805. The largest absolute Gasteiger partial charge is 0.348 e. The van der Waals surface area contributed by atoms with Crippen LogP contribution in [0.2, 0.25) is 0 Å². The molecule has 0 heterocycles. The van der Waals surface area contributed by atoms with E-state index in [-0.39, 0.29) is 11.8 Å². The Bertz CT molecular complexity index is 773. The van der Waals surface area contributed by atoms with Crippen molar-refractivity contribution in [2.75, 3.05) is 14.1 Å². The minimum Gasteiger partial charge on any atom is -0.348 e. The van der Waals surface area contributed by atoms with Gasteiger partial charge in [-0.05, 0) is 40.8 Å². The van der Waals surface area contributed by atoms with Crippen LogP contribution in [-0.4, -0.2) is 30.8 Å². The monoisotopic (exact) mass is 350 g/mol. The van der Waals surface area contributed by atoms with Gasteiger partial charge in [0.15, 0.2) is 0 Å². The molecule has 0 saturated carbocycles. The normalized spacial score (nSPS) is 11.0. The predicted octanol–water partition coefficient (Wildman–Crippen LogP) is 3.84. The highest BCUT2D eigenvalue weighted by atomic mass is 16.2. The lowest BCUT2D eigenvalue weighted by atomic mass is 10.0. The number of nitrogens with one attached hydrogen (secondary N) is 1. The smallest absolute Gasteiger partial charge is 0.253 e. The molecule has 2 aromatic carbocycles. The molecule has 0 radical (unpaired) electrons. The van der Waals surface area contributed by atoms with Gasteiger partial charge in [-0.2, -0.15) is 0 Å². The molecule has 136 valence electrons. The number of carbonyl (C=O) groups is 2. The lowest BCUT2D eigenvalue weighted by Gasteiger charge is -2.10. The van der Waals surface area contributed by atoms with Crippen LogP contribution in [-0.2, 0) is 11.3 Å². The van der Waals surface area contributed by atoms with E-state index in [9.17, 15) is 9.59 Å². The minimum absolute atomic E-state index is 0.0352. The topological polar surface area (TPSA) is 49.4 Å². The lowest BCUT2D eigenvalue weighted by molar-refractivity contribution is -0.116.